The fraction of sp³-hybridized carbons (Fsp3) is 0.529. The van der Waals surface area contributed by atoms with Gasteiger partial charge in [-0.2, -0.15) is 0 Å². The van der Waals surface area contributed by atoms with Crippen molar-refractivity contribution in [2.75, 3.05) is 26.8 Å². The number of carbonyl (C=O) groups excluding carboxylic acids is 2. The molecule has 22 heavy (non-hydrogen) atoms. The normalized spacial score (nSPS) is 15.5. The van der Waals surface area contributed by atoms with Crippen LogP contribution in [0.15, 0.2) is 24.3 Å². The second-order valence-corrected chi connectivity index (χ2v) is 5.59. The van der Waals surface area contributed by atoms with Crippen LogP contribution >= 0.6 is 0 Å². The molecule has 1 fully saturated rings. The van der Waals surface area contributed by atoms with Crippen LogP contribution < -0.4 is 4.74 Å². The quantitative estimate of drug-likeness (QED) is 0.782. The number of esters is 1. The highest BCUT2D eigenvalue weighted by atomic mass is 16.5. The van der Waals surface area contributed by atoms with Crippen LogP contribution in [0.3, 0.4) is 0 Å². The maximum Gasteiger partial charge on any atom is 0.308 e. The Bertz CT molecular complexity index is 504. The van der Waals surface area contributed by atoms with Gasteiger partial charge >= 0.3 is 5.97 Å². The third-order valence-corrected chi connectivity index (χ3v) is 3.99. The number of aryl methyl sites for hydroxylation is 1. The molecule has 1 heterocycles. The fourth-order valence-corrected chi connectivity index (χ4v) is 2.58. The van der Waals surface area contributed by atoms with E-state index >= 15 is 0 Å². The van der Waals surface area contributed by atoms with Crippen molar-refractivity contribution in [3.63, 3.8) is 0 Å². The first-order valence-electron chi connectivity index (χ1n) is 7.65. The van der Waals surface area contributed by atoms with E-state index in [4.69, 9.17) is 9.47 Å². The van der Waals surface area contributed by atoms with Crippen LogP contribution in [0.4, 0.5) is 0 Å². The van der Waals surface area contributed by atoms with Gasteiger partial charge in [-0.25, -0.2) is 0 Å². The van der Waals surface area contributed by atoms with E-state index in [0.717, 1.165) is 5.75 Å². The van der Waals surface area contributed by atoms with Gasteiger partial charge in [0.2, 0.25) is 5.91 Å². The first kappa shape index (κ1) is 16.3. The topological polar surface area (TPSA) is 55.8 Å². The van der Waals surface area contributed by atoms with Crippen molar-refractivity contribution < 1.29 is 19.1 Å². The van der Waals surface area contributed by atoms with Crippen molar-refractivity contribution >= 4 is 11.9 Å². The lowest BCUT2D eigenvalue weighted by atomic mass is 9.97. The number of amides is 1. The Hall–Kier alpha value is -2.04. The molecule has 5 heteroatoms. The molecule has 0 aliphatic carbocycles. The Balaban J connectivity index is 1.70. The number of rotatable bonds is 5. The van der Waals surface area contributed by atoms with Crippen LogP contribution in [-0.2, 0) is 14.3 Å². The van der Waals surface area contributed by atoms with E-state index in [1.807, 2.05) is 31.2 Å². The van der Waals surface area contributed by atoms with Crippen LogP contribution in [0.5, 0.6) is 5.75 Å². The number of methoxy groups -OCH3 is 1. The van der Waals surface area contributed by atoms with Crippen LogP contribution in [0.1, 0.15) is 24.8 Å². The molecule has 0 radical (unpaired) electrons. The summed E-state index contributed by atoms with van der Waals surface area (Å²) in [6.45, 7) is 3.62. The molecule has 0 bridgehead atoms. The molecule has 1 aliphatic heterocycles. The van der Waals surface area contributed by atoms with E-state index in [2.05, 4.69) is 0 Å². The summed E-state index contributed by atoms with van der Waals surface area (Å²) >= 11 is 0. The summed E-state index contributed by atoms with van der Waals surface area (Å²) in [6.07, 6.45) is 1.71. The number of hydrogen-bond donors (Lipinski definition) is 0. The summed E-state index contributed by atoms with van der Waals surface area (Å²) in [4.78, 5) is 25.4. The zero-order valence-corrected chi connectivity index (χ0v) is 13.2. The molecule has 0 atom stereocenters. The van der Waals surface area contributed by atoms with E-state index in [1.165, 1.54) is 12.7 Å². The summed E-state index contributed by atoms with van der Waals surface area (Å²) in [5, 5.41) is 0. The smallest absolute Gasteiger partial charge is 0.308 e. The van der Waals surface area contributed by atoms with Gasteiger partial charge in [0.15, 0.2) is 0 Å². The molecule has 1 aromatic carbocycles. The molecule has 1 aliphatic rings. The standard InChI is InChI=1S/C17H23NO4/c1-13-3-5-15(6-4-13)22-12-9-16(19)18-10-7-14(8-11-18)17(20)21-2/h3-6,14H,7-12H2,1-2H3. The summed E-state index contributed by atoms with van der Waals surface area (Å²) in [7, 11) is 1.41. The van der Waals surface area contributed by atoms with Gasteiger partial charge < -0.3 is 14.4 Å². The third-order valence-electron chi connectivity index (χ3n) is 3.99. The molecular weight excluding hydrogens is 282 g/mol. The van der Waals surface area contributed by atoms with Crippen molar-refractivity contribution in [1.82, 2.24) is 4.90 Å². The van der Waals surface area contributed by atoms with E-state index < -0.39 is 0 Å². The van der Waals surface area contributed by atoms with Gasteiger partial charge in [0.05, 0.1) is 26.1 Å². The average molecular weight is 305 g/mol. The molecule has 0 unspecified atom stereocenters. The minimum Gasteiger partial charge on any atom is -0.493 e. The Morgan fingerprint density at radius 1 is 1.18 bits per heavy atom. The number of carbonyl (C=O) groups is 2. The highest BCUT2D eigenvalue weighted by Crippen LogP contribution is 2.19. The Morgan fingerprint density at radius 3 is 2.41 bits per heavy atom. The molecular formula is C17H23NO4. The van der Waals surface area contributed by atoms with Crippen LogP contribution in [0.25, 0.3) is 0 Å². The van der Waals surface area contributed by atoms with Gasteiger partial charge in [-0.05, 0) is 31.9 Å². The lowest BCUT2D eigenvalue weighted by Gasteiger charge is -2.30. The van der Waals surface area contributed by atoms with Crippen LogP contribution in [0.2, 0.25) is 0 Å². The van der Waals surface area contributed by atoms with Gasteiger partial charge in [0, 0.05) is 13.1 Å². The number of nitrogens with zero attached hydrogens (tertiary/aromatic N) is 1. The van der Waals surface area contributed by atoms with Gasteiger partial charge in [-0.15, -0.1) is 0 Å². The van der Waals surface area contributed by atoms with Gasteiger partial charge in [-0.3, -0.25) is 9.59 Å². The second kappa shape index (κ2) is 7.82. The number of benzene rings is 1. The van der Waals surface area contributed by atoms with E-state index in [1.54, 1.807) is 4.90 Å². The van der Waals surface area contributed by atoms with Gasteiger partial charge in [0.1, 0.15) is 5.75 Å². The molecule has 1 aromatic rings. The fourth-order valence-electron chi connectivity index (χ4n) is 2.58. The Morgan fingerprint density at radius 2 is 1.82 bits per heavy atom. The van der Waals surface area contributed by atoms with Crippen LogP contribution in [0, 0.1) is 12.8 Å². The van der Waals surface area contributed by atoms with Gasteiger partial charge in [-0.1, -0.05) is 17.7 Å². The molecule has 0 N–H and O–H groups in total. The molecule has 0 saturated carbocycles. The summed E-state index contributed by atoms with van der Waals surface area (Å²) in [6, 6.07) is 7.77. The zero-order chi connectivity index (χ0) is 15.9. The SMILES string of the molecule is COC(=O)C1CCN(C(=O)CCOc2ccc(C)cc2)CC1. The number of ether oxygens (including phenoxy) is 2. The van der Waals surface area contributed by atoms with Crippen LogP contribution in [-0.4, -0.2) is 43.6 Å². The first-order chi connectivity index (χ1) is 10.6. The van der Waals surface area contributed by atoms with Crippen molar-refractivity contribution in [3.05, 3.63) is 29.8 Å². The number of hydrogen-bond acceptors (Lipinski definition) is 4. The maximum atomic E-state index is 12.1. The third kappa shape index (κ3) is 4.48. The predicted molar refractivity (Wildman–Crippen MR) is 82.6 cm³/mol. The highest BCUT2D eigenvalue weighted by Gasteiger charge is 2.27. The van der Waals surface area contributed by atoms with Crippen molar-refractivity contribution in [1.29, 1.82) is 0 Å². The summed E-state index contributed by atoms with van der Waals surface area (Å²) in [5.74, 6) is 0.617. The van der Waals surface area contributed by atoms with Crippen molar-refractivity contribution in [3.8, 4) is 5.75 Å². The van der Waals surface area contributed by atoms with Gasteiger partial charge in [0.25, 0.3) is 0 Å². The summed E-state index contributed by atoms with van der Waals surface area (Å²) in [5.41, 5.74) is 1.18. The maximum absolute atomic E-state index is 12.1. The monoisotopic (exact) mass is 305 g/mol. The molecule has 0 aromatic heterocycles. The minimum absolute atomic E-state index is 0.0714. The van der Waals surface area contributed by atoms with Crippen molar-refractivity contribution in [2.24, 2.45) is 5.92 Å². The lowest BCUT2D eigenvalue weighted by Crippen LogP contribution is -2.40. The zero-order valence-electron chi connectivity index (χ0n) is 13.2. The average Bonchev–Trinajstić information content (AvgIpc) is 2.56. The first-order valence-corrected chi connectivity index (χ1v) is 7.65. The molecule has 1 amide bonds. The molecule has 5 nitrogen and oxygen atoms in total. The summed E-state index contributed by atoms with van der Waals surface area (Å²) < 4.78 is 10.3. The largest absolute Gasteiger partial charge is 0.493 e. The van der Waals surface area contributed by atoms with E-state index in [0.29, 0.717) is 39.0 Å². The Kier molecular flexibility index (Phi) is 5.81. The number of likely N-dealkylation sites (tertiary alicyclic amines) is 1. The molecule has 1 saturated heterocycles. The highest BCUT2D eigenvalue weighted by molar-refractivity contribution is 5.77. The predicted octanol–water partition coefficient (Wildman–Crippen LogP) is 2.18. The Labute approximate surface area is 131 Å². The molecule has 0 spiro atoms. The molecule has 120 valence electrons. The molecule has 2 rings (SSSR count). The van der Waals surface area contributed by atoms with Crippen molar-refractivity contribution in [2.45, 2.75) is 26.2 Å². The minimum atomic E-state index is -0.171. The lowest BCUT2D eigenvalue weighted by molar-refractivity contribution is -0.149. The van der Waals surface area contributed by atoms with E-state index in [-0.39, 0.29) is 17.8 Å². The second-order valence-electron chi connectivity index (χ2n) is 5.59. The number of piperidine rings is 1. The van der Waals surface area contributed by atoms with E-state index in [9.17, 15) is 9.59 Å².